The first-order chi connectivity index (χ1) is 9.91. The first-order valence-corrected chi connectivity index (χ1v) is 6.03. The molecule has 0 aromatic heterocycles. The van der Waals surface area contributed by atoms with E-state index in [0.717, 1.165) is 6.07 Å². The Morgan fingerprint density at radius 1 is 1.10 bits per heavy atom. The van der Waals surface area contributed by atoms with E-state index in [0.29, 0.717) is 0 Å². The third-order valence-electron chi connectivity index (χ3n) is 2.82. The second-order valence-electron chi connectivity index (χ2n) is 4.23. The molecule has 0 fully saturated rings. The zero-order valence-electron chi connectivity index (χ0n) is 11.1. The zero-order valence-corrected chi connectivity index (χ0v) is 11.1. The predicted octanol–water partition coefficient (Wildman–Crippen LogP) is 3.97. The van der Waals surface area contributed by atoms with Crippen molar-refractivity contribution < 1.29 is 22.7 Å². The summed E-state index contributed by atoms with van der Waals surface area (Å²) in [7, 11) is 1.28. The Hall–Kier alpha value is -2.50. The van der Waals surface area contributed by atoms with E-state index < -0.39 is 17.6 Å². The molecule has 0 heterocycles. The van der Waals surface area contributed by atoms with E-state index in [2.05, 4.69) is 5.32 Å². The number of carbonyl (C=O) groups excluding carboxylic acids is 1. The average Bonchev–Trinajstić information content (AvgIpc) is 2.47. The molecule has 3 nitrogen and oxygen atoms in total. The van der Waals surface area contributed by atoms with Crippen molar-refractivity contribution in [1.82, 2.24) is 0 Å². The van der Waals surface area contributed by atoms with Gasteiger partial charge in [0.1, 0.15) is 5.75 Å². The first-order valence-electron chi connectivity index (χ1n) is 6.03. The molecule has 0 aliphatic heterocycles. The molecule has 2 rings (SSSR count). The van der Waals surface area contributed by atoms with Crippen molar-refractivity contribution in [3.8, 4) is 5.75 Å². The Balaban J connectivity index is 2.34. The molecule has 0 bridgehead atoms. The van der Waals surface area contributed by atoms with Crippen molar-refractivity contribution in [2.24, 2.45) is 0 Å². The largest absolute Gasteiger partial charge is 0.497 e. The summed E-state index contributed by atoms with van der Waals surface area (Å²) in [5.74, 6) is -0.536. The Bertz CT molecular complexity index is 639. The Morgan fingerprint density at radius 2 is 1.76 bits per heavy atom. The van der Waals surface area contributed by atoms with Crippen LogP contribution in [-0.4, -0.2) is 13.0 Å². The standard InChI is InChI=1S/C15H12F3NO2/c1-21-11-7-8-13(12(9-11)15(16,17)18)19-14(20)10-5-3-2-4-6-10/h2-9H,1H3,(H,19,20). The SMILES string of the molecule is COc1ccc(NC(=O)c2ccccc2)c(C(F)(F)F)c1. The van der Waals surface area contributed by atoms with E-state index in [9.17, 15) is 18.0 Å². The van der Waals surface area contributed by atoms with Crippen molar-refractivity contribution in [1.29, 1.82) is 0 Å². The summed E-state index contributed by atoms with van der Waals surface area (Å²) in [6.07, 6.45) is -4.59. The van der Waals surface area contributed by atoms with Gasteiger partial charge in [-0.15, -0.1) is 0 Å². The van der Waals surface area contributed by atoms with Gasteiger partial charge in [-0.3, -0.25) is 4.79 Å². The van der Waals surface area contributed by atoms with E-state index in [1.54, 1.807) is 18.2 Å². The van der Waals surface area contributed by atoms with Crippen LogP contribution in [0.2, 0.25) is 0 Å². The molecule has 110 valence electrons. The molecule has 0 aliphatic rings. The van der Waals surface area contributed by atoms with E-state index in [4.69, 9.17) is 4.74 Å². The fourth-order valence-corrected chi connectivity index (χ4v) is 1.78. The summed E-state index contributed by atoms with van der Waals surface area (Å²) in [5.41, 5.74) is -0.982. The van der Waals surface area contributed by atoms with Gasteiger partial charge in [-0.1, -0.05) is 18.2 Å². The Labute approximate surface area is 119 Å². The van der Waals surface area contributed by atoms with Crippen LogP contribution in [0.1, 0.15) is 15.9 Å². The lowest BCUT2D eigenvalue weighted by Crippen LogP contribution is -2.16. The van der Waals surface area contributed by atoms with Crippen LogP contribution in [-0.2, 0) is 6.18 Å². The van der Waals surface area contributed by atoms with Gasteiger partial charge < -0.3 is 10.1 Å². The lowest BCUT2D eigenvalue weighted by atomic mass is 10.1. The molecule has 2 aromatic carbocycles. The van der Waals surface area contributed by atoms with E-state index in [-0.39, 0.29) is 17.0 Å². The van der Waals surface area contributed by atoms with Crippen LogP contribution in [0.3, 0.4) is 0 Å². The summed E-state index contributed by atoms with van der Waals surface area (Å²) in [6.45, 7) is 0. The van der Waals surface area contributed by atoms with Crippen molar-refractivity contribution in [2.45, 2.75) is 6.18 Å². The van der Waals surface area contributed by atoms with Gasteiger partial charge in [0, 0.05) is 5.56 Å². The minimum atomic E-state index is -4.59. The van der Waals surface area contributed by atoms with Gasteiger partial charge in [0.15, 0.2) is 0 Å². The minimum Gasteiger partial charge on any atom is -0.497 e. The molecule has 0 unspecified atom stereocenters. The predicted molar refractivity (Wildman–Crippen MR) is 72.4 cm³/mol. The van der Waals surface area contributed by atoms with Gasteiger partial charge in [0.2, 0.25) is 0 Å². The third kappa shape index (κ3) is 3.53. The number of hydrogen-bond acceptors (Lipinski definition) is 2. The molecule has 1 amide bonds. The Kier molecular flexibility index (Phi) is 4.16. The molecular weight excluding hydrogens is 283 g/mol. The molecule has 2 aromatic rings. The highest BCUT2D eigenvalue weighted by molar-refractivity contribution is 6.04. The number of alkyl halides is 3. The number of ether oxygens (including phenoxy) is 1. The maximum atomic E-state index is 13.0. The molecular formula is C15H12F3NO2. The molecule has 0 saturated heterocycles. The maximum Gasteiger partial charge on any atom is 0.418 e. The topological polar surface area (TPSA) is 38.3 Å². The summed E-state index contributed by atoms with van der Waals surface area (Å²) in [6, 6.07) is 11.4. The number of rotatable bonds is 3. The molecule has 0 spiro atoms. The lowest BCUT2D eigenvalue weighted by Gasteiger charge is -2.15. The van der Waals surface area contributed by atoms with Gasteiger partial charge >= 0.3 is 6.18 Å². The number of methoxy groups -OCH3 is 1. The quantitative estimate of drug-likeness (QED) is 0.930. The number of benzene rings is 2. The second-order valence-corrected chi connectivity index (χ2v) is 4.23. The monoisotopic (exact) mass is 295 g/mol. The summed E-state index contributed by atoms with van der Waals surface area (Å²) >= 11 is 0. The normalized spacial score (nSPS) is 11.0. The van der Waals surface area contributed by atoms with Crippen LogP contribution in [0.5, 0.6) is 5.75 Å². The number of anilines is 1. The van der Waals surface area contributed by atoms with Gasteiger partial charge in [0.25, 0.3) is 5.91 Å². The molecule has 6 heteroatoms. The fraction of sp³-hybridized carbons (Fsp3) is 0.133. The van der Waals surface area contributed by atoms with Crippen LogP contribution in [0, 0.1) is 0 Å². The minimum absolute atomic E-state index is 0.0695. The average molecular weight is 295 g/mol. The highest BCUT2D eigenvalue weighted by atomic mass is 19.4. The van der Waals surface area contributed by atoms with Crippen molar-refractivity contribution in [2.75, 3.05) is 12.4 Å². The number of nitrogens with one attached hydrogen (secondary N) is 1. The van der Waals surface area contributed by atoms with Gasteiger partial charge in [0.05, 0.1) is 18.4 Å². The number of carbonyl (C=O) groups is 1. The van der Waals surface area contributed by atoms with E-state index in [1.165, 1.54) is 31.4 Å². The zero-order chi connectivity index (χ0) is 15.5. The summed E-state index contributed by atoms with van der Waals surface area (Å²) in [4.78, 5) is 11.9. The number of hydrogen-bond donors (Lipinski definition) is 1. The molecule has 21 heavy (non-hydrogen) atoms. The van der Waals surface area contributed by atoms with Gasteiger partial charge in [-0.25, -0.2) is 0 Å². The summed E-state index contributed by atoms with van der Waals surface area (Å²) < 4.78 is 43.8. The summed E-state index contributed by atoms with van der Waals surface area (Å²) in [5, 5.41) is 2.27. The molecule has 1 N–H and O–H groups in total. The first kappa shape index (κ1) is 14.9. The van der Waals surface area contributed by atoms with Crippen LogP contribution >= 0.6 is 0 Å². The van der Waals surface area contributed by atoms with E-state index >= 15 is 0 Å². The molecule has 0 radical (unpaired) electrons. The number of halogens is 3. The fourth-order valence-electron chi connectivity index (χ4n) is 1.78. The third-order valence-corrected chi connectivity index (χ3v) is 2.82. The van der Waals surface area contributed by atoms with Crippen LogP contribution in [0.15, 0.2) is 48.5 Å². The molecule has 0 aliphatic carbocycles. The van der Waals surface area contributed by atoms with Gasteiger partial charge in [-0.2, -0.15) is 13.2 Å². The highest BCUT2D eigenvalue weighted by Crippen LogP contribution is 2.37. The van der Waals surface area contributed by atoms with Gasteiger partial charge in [-0.05, 0) is 30.3 Å². The molecule has 0 atom stereocenters. The van der Waals surface area contributed by atoms with Crippen LogP contribution in [0.25, 0.3) is 0 Å². The van der Waals surface area contributed by atoms with Crippen molar-refractivity contribution >= 4 is 11.6 Å². The van der Waals surface area contributed by atoms with E-state index in [1.807, 2.05) is 0 Å². The number of amides is 1. The van der Waals surface area contributed by atoms with Crippen molar-refractivity contribution in [3.63, 3.8) is 0 Å². The lowest BCUT2D eigenvalue weighted by molar-refractivity contribution is -0.137. The van der Waals surface area contributed by atoms with Crippen molar-refractivity contribution in [3.05, 3.63) is 59.7 Å². The van der Waals surface area contributed by atoms with Crippen LogP contribution < -0.4 is 10.1 Å². The van der Waals surface area contributed by atoms with Crippen LogP contribution in [0.4, 0.5) is 18.9 Å². The molecule has 0 saturated carbocycles. The smallest absolute Gasteiger partial charge is 0.418 e. The highest BCUT2D eigenvalue weighted by Gasteiger charge is 2.34. The maximum absolute atomic E-state index is 13.0. The Morgan fingerprint density at radius 3 is 2.33 bits per heavy atom. The second kappa shape index (κ2) is 5.87.